The molecule has 0 bridgehead atoms. The standard InChI is InChI=1S/C19H21ClFN3O3/c1-19(2,3)18(12-4-6-13(21)7-5-12)22-11-17(25)23-16-9-8-14(24(26)27)10-15(16)20/h4-10,18,22H,11H2,1-3H3,(H,23,25). The molecule has 2 aromatic carbocycles. The maximum Gasteiger partial charge on any atom is 0.271 e. The SMILES string of the molecule is CC(C)(C)C(NCC(=O)Nc1ccc([N+](=O)[O-])cc1Cl)c1ccc(F)cc1. The molecule has 144 valence electrons. The van der Waals surface area contributed by atoms with Crippen molar-refractivity contribution in [2.24, 2.45) is 5.41 Å². The Hall–Kier alpha value is -2.51. The fraction of sp³-hybridized carbons (Fsp3) is 0.316. The average molecular weight is 394 g/mol. The summed E-state index contributed by atoms with van der Waals surface area (Å²) in [5.41, 5.74) is 0.789. The zero-order valence-corrected chi connectivity index (χ0v) is 16.0. The molecule has 0 aromatic heterocycles. The highest BCUT2D eigenvalue weighted by molar-refractivity contribution is 6.34. The molecule has 2 N–H and O–H groups in total. The molecule has 1 unspecified atom stereocenters. The molecular formula is C19H21ClFN3O3. The zero-order valence-electron chi connectivity index (χ0n) is 15.3. The lowest BCUT2D eigenvalue weighted by molar-refractivity contribution is -0.384. The largest absolute Gasteiger partial charge is 0.324 e. The molecule has 0 aliphatic rings. The maximum absolute atomic E-state index is 13.2. The summed E-state index contributed by atoms with van der Waals surface area (Å²) in [4.78, 5) is 22.5. The third kappa shape index (κ3) is 5.74. The van der Waals surface area contributed by atoms with Gasteiger partial charge >= 0.3 is 0 Å². The minimum absolute atomic E-state index is 0.00731. The lowest BCUT2D eigenvalue weighted by Crippen LogP contribution is -2.37. The van der Waals surface area contributed by atoms with Crippen molar-refractivity contribution in [2.75, 3.05) is 11.9 Å². The van der Waals surface area contributed by atoms with E-state index < -0.39 is 4.92 Å². The molecule has 0 heterocycles. The average Bonchev–Trinajstić information content (AvgIpc) is 2.57. The Morgan fingerprint density at radius 3 is 2.37 bits per heavy atom. The number of hydrogen-bond donors (Lipinski definition) is 2. The van der Waals surface area contributed by atoms with Gasteiger partial charge in [0.1, 0.15) is 5.82 Å². The molecule has 0 spiro atoms. The highest BCUT2D eigenvalue weighted by Gasteiger charge is 2.26. The fourth-order valence-corrected chi connectivity index (χ4v) is 2.91. The van der Waals surface area contributed by atoms with Gasteiger partial charge in [-0.1, -0.05) is 44.5 Å². The first-order valence-corrected chi connectivity index (χ1v) is 8.68. The van der Waals surface area contributed by atoms with Crippen LogP contribution in [0.4, 0.5) is 15.8 Å². The lowest BCUT2D eigenvalue weighted by atomic mass is 9.82. The first-order chi connectivity index (χ1) is 12.6. The van der Waals surface area contributed by atoms with Gasteiger partial charge in [0.05, 0.1) is 22.2 Å². The number of rotatable bonds is 6. The Bertz CT molecular complexity index is 835. The molecule has 0 radical (unpaired) electrons. The number of carbonyl (C=O) groups is 1. The van der Waals surface area contributed by atoms with Gasteiger partial charge in [0, 0.05) is 18.2 Å². The molecule has 1 amide bonds. The Morgan fingerprint density at radius 2 is 1.85 bits per heavy atom. The number of nitro groups is 1. The minimum Gasteiger partial charge on any atom is -0.324 e. The Balaban J connectivity index is 2.06. The van der Waals surface area contributed by atoms with Crippen LogP contribution in [0.2, 0.25) is 5.02 Å². The molecule has 0 aliphatic heterocycles. The topological polar surface area (TPSA) is 84.3 Å². The van der Waals surface area contributed by atoms with E-state index in [2.05, 4.69) is 10.6 Å². The van der Waals surface area contributed by atoms with E-state index in [0.717, 1.165) is 5.56 Å². The summed E-state index contributed by atoms with van der Waals surface area (Å²) in [5, 5.41) is 16.6. The molecular weight excluding hydrogens is 373 g/mol. The van der Waals surface area contributed by atoms with Crippen LogP contribution in [0.25, 0.3) is 0 Å². The summed E-state index contributed by atoms with van der Waals surface area (Å²) in [6.45, 7) is 6.03. The van der Waals surface area contributed by atoms with E-state index in [1.54, 1.807) is 12.1 Å². The van der Waals surface area contributed by atoms with Crippen molar-refractivity contribution in [3.8, 4) is 0 Å². The molecule has 8 heteroatoms. The van der Waals surface area contributed by atoms with Crippen LogP contribution in [0.5, 0.6) is 0 Å². The number of nitro benzene ring substituents is 1. The summed E-state index contributed by atoms with van der Waals surface area (Å²) in [6, 6.07) is 9.79. The van der Waals surface area contributed by atoms with Gasteiger partial charge in [0.15, 0.2) is 0 Å². The van der Waals surface area contributed by atoms with E-state index >= 15 is 0 Å². The number of amides is 1. The van der Waals surface area contributed by atoms with Crippen LogP contribution in [-0.2, 0) is 4.79 Å². The van der Waals surface area contributed by atoms with E-state index in [9.17, 15) is 19.3 Å². The summed E-state index contributed by atoms with van der Waals surface area (Å²) in [5.74, 6) is -0.668. The highest BCUT2D eigenvalue weighted by Crippen LogP contribution is 2.32. The number of nitrogens with zero attached hydrogens (tertiary/aromatic N) is 1. The van der Waals surface area contributed by atoms with Crippen LogP contribution in [0.3, 0.4) is 0 Å². The third-order valence-electron chi connectivity index (χ3n) is 3.97. The molecule has 6 nitrogen and oxygen atoms in total. The van der Waals surface area contributed by atoms with Gasteiger partial charge in [-0.25, -0.2) is 4.39 Å². The molecule has 0 fully saturated rings. The first kappa shape index (κ1) is 20.8. The number of carbonyl (C=O) groups excluding carboxylic acids is 1. The summed E-state index contributed by atoms with van der Waals surface area (Å²) >= 11 is 5.99. The number of nitrogens with one attached hydrogen (secondary N) is 2. The minimum atomic E-state index is -0.560. The molecule has 0 saturated carbocycles. The third-order valence-corrected chi connectivity index (χ3v) is 4.29. The smallest absolute Gasteiger partial charge is 0.271 e. The predicted octanol–water partition coefficient (Wildman–Crippen LogP) is 4.70. The van der Waals surface area contributed by atoms with Crippen molar-refractivity contribution in [3.05, 3.63) is 69.0 Å². The number of benzene rings is 2. The van der Waals surface area contributed by atoms with Gasteiger partial charge in [-0.3, -0.25) is 14.9 Å². The molecule has 0 saturated heterocycles. The van der Waals surface area contributed by atoms with Gasteiger partial charge in [0.2, 0.25) is 5.91 Å². The van der Waals surface area contributed by atoms with Crippen molar-refractivity contribution in [1.29, 1.82) is 0 Å². The molecule has 2 rings (SSSR count). The van der Waals surface area contributed by atoms with Crippen molar-refractivity contribution >= 4 is 28.9 Å². The normalized spacial score (nSPS) is 12.5. The quantitative estimate of drug-likeness (QED) is 0.550. The lowest BCUT2D eigenvalue weighted by Gasteiger charge is -2.32. The van der Waals surface area contributed by atoms with Crippen molar-refractivity contribution < 1.29 is 14.1 Å². The number of hydrogen-bond acceptors (Lipinski definition) is 4. The van der Waals surface area contributed by atoms with Crippen molar-refractivity contribution in [3.63, 3.8) is 0 Å². The number of anilines is 1. The van der Waals surface area contributed by atoms with Gasteiger partial charge in [-0.15, -0.1) is 0 Å². The van der Waals surface area contributed by atoms with Gasteiger partial charge in [-0.05, 0) is 29.2 Å². The maximum atomic E-state index is 13.2. The van der Waals surface area contributed by atoms with Crippen LogP contribution in [-0.4, -0.2) is 17.4 Å². The fourth-order valence-electron chi connectivity index (χ4n) is 2.69. The predicted molar refractivity (Wildman–Crippen MR) is 103 cm³/mol. The highest BCUT2D eigenvalue weighted by atomic mass is 35.5. The van der Waals surface area contributed by atoms with Crippen LogP contribution in [0, 0.1) is 21.3 Å². The van der Waals surface area contributed by atoms with E-state index in [1.807, 2.05) is 20.8 Å². The Morgan fingerprint density at radius 1 is 1.22 bits per heavy atom. The molecule has 0 aliphatic carbocycles. The summed E-state index contributed by atoms with van der Waals surface area (Å²) in [6.07, 6.45) is 0. The van der Waals surface area contributed by atoms with E-state index in [1.165, 1.54) is 30.3 Å². The Kier molecular flexibility index (Phi) is 6.51. The van der Waals surface area contributed by atoms with Gasteiger partial charge in [-0.2, -0.15) is 0 Å². The van der Waals surface area contributed by atoms with Crippen LogP contribution < -0.4 is 10.6 Å². The van der Waals surface area contributed by atoms with Crippen molar-refractivity contribution in [1.82, 2.24) is 5.32 Å². The second-order valence-corrected chi connectivity index (χ2v) is 7.61. The number of halogens is 2. The second-order valence-electron chi connectivity index (χ2n) is 7.20. The van der Waals surface area contributed by atoms with Crippen LogP contribution in [0.1, 0.15) is 32.4 Å². The number of non-ortho nitro benzene ring substituents is 1. The molecule has 1 atom stereocenters. The van der Waals surface area contributed by atoms with E-state index in [4.69, 9.17) is 11.6 Å². The van der Waals surface area contributed by atoms with Crippen molar-refractivity contribution in [2.45, 2.75) is 26.8 Å². The van der Waals surface area contributed by atoms with E-state index in [0.29, 0.717) is 5.69 Å². The van der Waals surface area contributed by atoms with Crippen LogP contribution in [0.15, 0.2) is 42.5 Å². The molecule has 27 heavy (non-hydrogen) atoms. The zero-order chi connectivity index (χ0) is 20.2. The first-order valence-electron chi connectivity index (χ1n) is 8.30. The summed E-state index contributed by atoms with van der Waals surface area (Å²) in [7, 11) is 0. The van der Waals surface area contributed by atoms with Gasteiger partial charge < -0.3 is 10.6 Å². The second kappa shape index (κ2) is 8.45. The van der Waals surface area contributed by atoms with Gasteiger partial charge in [0.25, 0.3) is 5.69 Å². The Labute approximate surface area is 161 Å². The van der Waals surface area contributed by atoms with Crippen LogP contribution >= 0.6 is 11.6 Å². The monoisotopic (exact) mass is 393 g/mol. The summed E-state index contributed by atoms with van der Waals surface area (Å²) < 4.78 is 13.2. The van der Waals surface area contributed by atoms with E-state index in [-0.39, 0.29) is 40.4 Å². The molecule has 2 aromatic rings.